The lowest BCUT2D eigenvalue weighted by Gasteiger charge is -2.14. The molecule has 0 aliphatic carbocycles. The molecule has 1 fully saturated rings. The minimum absolute atomic E-state index is 0.0310. The van der Waals surface area contributed by atoms with Crippen molar-refractivity contribution in [2.75, 3.05) is 7.11 Å². The van der Waals surface area contributed by atoms with Gasteiger partial charge in [-0.1, -0.05) is 48.0 Å². The molecule has 1 aliphatic heterocycles. The van der Waals surface area contributed by atoms with Gasteiger partial charge in [0, 0.05) is 11.1 Å². The third kappa shape index (κ3) is 5.47. The van der Waals surface area contributed by atoms with E-state index in [9.17, 15) is 14.0 Å². The van der Waals surface area contributed by atoms with Gasteiger partial charge in [0.05, 0.1) is 17.0 Å². The summed E-state index contributed by atoms with van der Waals surface area (Å²) in [4.78, 5) is 29.0. The number of halogens is 2. The molecule has 0 saturated carbocycles. The summed E-state index contributed by atoms with van der Waals surface area (Å²) in [5.41, 5.74) is 1.38. The Balaban J connectivity index is 1.53. The van der Waals surface area contributed by atoms with Crippen LogP contribution < -0.4 is 14.8 Å². The number of hydrogen-bond acceptors (Lipinski definition) is 5. The Hall–Kier alpha value is -3.62. The topological polar surface area (TPSA) is 77.0 Å². The van der Waals surface area contributed by atoms with E-state index in [4.69, 9.17) is 21.1 Å². The first-order chi connectivity index (χ1) is 16.4. The minimum Gasteiger partial charge on any atom is -0.493 e. The van der Waals surface area contributed by atoms with Crippen LogP contribution in [0.25, 0.3) is 6.08 Å². The van der Waals surface area contributed by atoms with Crippen molar-refractivity contribution >= 4 is 46.4 Å². The predicted molar refractivity (Wildman–Crippen MR) is 131 cm³/mol. The maximum atomic E-state index is 13.9. The minimum atomic E-state index is -0.453. The number of benzene rings is 3. The van der Waals surface area contributed by atoms with E-state index >= 15 is 0 Å². The number of methoxy groups -OCH3 is 1. The number of thioether (sulfide) groups is 1. The first-order valence-corrected chi connectivity index (χ1v) is 11.3. The highest BCUT2D eigenvalue weighted by molar-refractivity contribution is 8.18. The molecule has 0 spiro atoms. The van der Waals surface area contributed by atoms with Crippen LogP contribution in [0, 0.1) is 5.82 Å². The van der Waals surface area contributed by atoms with E-state index in [1.807, 2.05) is 0 Å². The normalized spacial score (nSPS) is 15.4. The highest BCUT2D eigenvalue weighted by Gasteiger charge is 2.25. The third-order valence-electron chi connectivity index (χ3n) is 4.75. The molecule has 1 saturated heterocycles. The lowest BCUT2D eigenvalue weighted by Crippen LogP contribution is -2.20. The smallest absolute Gasteiger partial charge is 0.279 e. The summed E-state index contributed by atoms with van der Waals surface area (Å²) in [5.74, 6) is -0.641. The van der Waals surface area contributed by atoms with Crippen molar-refractivity contribution in [2.45, 2.75) is 6.61 Å². The molecule has 3 aromatic rings. The van der Waals surface area contributed by atoms with Crippen LogP contribution in [0.3, 0.4) is 0 Å². The number of nitrogens with zero attached hydrogens (tertiary/aromatic N) is 1. The number of carbonyl (C=O) groups is 2. The number of amides is 2. The summed E-state index contributed by atoms with van der Waals surface area (Å²) in [6.07, 6.45) is 1.60. The van der Waals surface area contributed by atoms with E-state index in [0.717, 1.165) is 11.8 Å². The van der Waals surface area contributed by atoms with Crippen molar-refractivity contribution in [1.82, 2.24) is 5.32 Å². The van der Waals surface area contributed by atoms with Gasteiger partial charge in [0.15, 0.2) is 16.7 Å². The van der Waals surface area contributed by atoms with Gasteiger partial charge >= 0.3 is 0 Å². The second-order valence-electron chi connectivity index (χ2n) is 7.07. The number of hydrogen-bond donors (Lipinski definition) is 1. The molecule has 0 atom stereocenters. The average Bonchev–Trinajstić information content (AvgIpc) is 3.17. The molecule has 0 unspecified atom stereocenters. The number of rotatable bonds is 6. The third-order valence-corrected chi connectivity index (χ3v) is 5.94. The van der Waals surface area contributed by atoms with Crippen LogP contribution >= 0.6 is 23.4 Å². The molecule has 9 heteroatoms. The molecule has 34 heavy (non-hydrogen) atoms. The first kappa shape index (κ1) is 23.5. The van der Waals surface area contributed by atoms with E-state index in [2.05, 4.69) is 10.3 Å². The number of carbonyl (C=O) groups excluding carboxylic acids is 2. The Bertz CT molecular complexity index is 1310. The van der Waals surface area contributed by atoms with Gasteiger partial charge in [-0.15, -0.1) is 0 Å². The molecule has 0 aromatic heterocycles. The fraction of sp³-hybridized carbons (Fsp3) is 0.0800. The van der Waals surface area contributed by atoms with Gasteiger partial charge in [0.1, 0.15) is 12.4 Å². The average molecular weight is 497 g/mol. The standard InChI is InChI=1S/C25H18ClFN2O4S/c1-32-20-12-15(11-18(26)22(20)33-14-17-9-5-6-10-19(17)27)13-21-24(31)29-25(34-21)28-23(30)16-7-3-2-4-8-16/h2-13H,14H2,1H3,(H,28,29,30,31)/b21-13-. The lowest BCUT2D eigenvalue weighted by atomic mass is 10.1. The summed E-state index contributed by atoms with van der Waals surface area (Å²) in [6, 6.07) is 18.1. The monoisotopic (exact) mass is 496 g/mol. The molecule has 2 amide bonds. The van der Waals surface area contributed by atoms with Gasteiger partial charge in [0.25, 0.3) is 11.8 Å². The Morgan fingerprint density at radius 3 is 2.62 bits per heavy atom. The van der Waals surface area contributed by atoms with Crippen molar-refractivity contribution in [3.05, 3.63) is 99.2 Å². The molecule has 1 aliphatic rings. The molecular formula is C25H18ClFN2O4S. The van der Waals surface area contributed by atoms with Gasteiger partial charge in [-0.3, -0.25) is 9.59 Å². The maximum absolute atomic E-state index is 13.9. The molecule has 1 N–H and O–H groups in total. The Kier molecular flexibility index (Phi) is 7.30. The van der Waals surface area contributed by atoms with E-state index in [1.165, 1.54) is 13.2 Å². The summed E-state index contributed by atoms with van der Waals surface area (Å²) < 4.78 is 25.0. The Morgan fingerprint density at radius 2 is 1.88 bits per heavy atom. The summed E-state index contributed by atoms with van der Waals surface area (Å²) >= 11 is 7.44. The summed E-state index contributed by atoms with van der Waals surface area (Å²) in [7, 11) is 1.45. The van der Waals surface area contributed by atoms with Crippen LogP contribution in [0.5, 0.6) is 11.5 Å². The van der Waals surface area contributed by atoms with Crippen LogP contribution in [0.2, 0.25) is 5.02 Å². The maximum Gasteiger partial charge on any atom is 0.279 e. The van der Waals surface area contributed by atoms with Gasteiger partial charge < -0.3 is 14.8 Å². The summed E-state index contributed by atoms with van der Waals surface area (Å²) in [5, 5.41) is 3.01. The second-order valence-corrected chi connectivity index (χ2v) is 8.50. The zero-order valence-electron chi connectivity index (χ0n) is 17.9. The van der Waals surface area contributed by atoms with Crippen molar-refractivity contribution in [3.8, 4) is 11.5 Å². The van der Waals surface area contributed by atoms with Crippen molar-refractivity contribution in [3.63, 3.8) is 0 Å². The van der Waals surface area contributed by atoms with Crippen molar-refractivity contribution in [2.24, 2.45) is 4.99 Å². The predicted octanol–water partition coefficient (Wildman–Crippen LogP) is 5.47. The molecule has 172 valence electrons. The number of ether oxygens (including phenoxy) is 2. The number of aliphatic imine (C=N–C) groups is 1. The fourth-order valence-electron chi connectivity index (χ4n) is 3.10. The highest BCUT2D eigenvalue weighted by Crippen LogP contribution is 2.38. The van der Waals surface area contributed by atoms with Gasteiger partial charge in [-0.2, -0.15) is 4.99 Å². The van der Waals surface area contributed by atoms with Gasteiger partial charge in [0.2, 0.25) is 0 Å². The van der Waals surface area contributed by atoms with Gasteiger partial charge in [-0.25, -0.2) is 4.39 Å². The fourth-order valence-corrected chi connectivity index (χ4v) is 4.19. The van der Waals surface area contributed by atoms with E-state index in [0.29, 0.717) is 27.3 Å². The zero-order chi connectivity index (χ0) is 24.1. The van der Waals surface area contributed by atoms with Crippen LogP contribution in [-0.2, 0) is 11.4 Å². The van der Waals surface area contributed by atoms with E-state index < -0.39 is 5.91 Å². The molecular weight excluding hydrogens is 479 g/mol. The van der Waals surface area contributed by atoms with Crippen LogP contribution in [0.4, 0.5) is 4.39 Å². The summed E-state index contributed by atoms with van der Waals surface area (Å²) in [6.45, 7) is -0.0310. The van der Waals surface area contributed by atoms with Crippen LogP contribution in [0.15, 0.2) is 76.6 Å². The second kappa shape index (κ2) is 10.5. The van der Waals surface area contributed by atoms with Gasteiger partial charge in [-0.05, 0) is 53.7 Å². The van der Waals surface area contributed by atoms with Crippen LogP contribution in [0.1, 0.15) is 21.5 Å². The van der Waals surface area contributed by atoms with Crippen LogP contribution in [-0.4, -0.2) is 24.1 Å². The van der Waals surface area contributed by atoms with Crippen molar-refractivity contribution < 1.29 is 23.5 Å². The molecule has 0 radical (unpaired) electrons. The van der Waals surface area contributed by atoms with Crippen molar-refractivity contribution in [1.29, 1.82) is 0 Å². The highest BCUT2D eigenvalue weighted by atomic mass is 35.5. The molecule has 0 bridgehead atoms. The SMILES string of the molecule is COc1cc(/C=C2\SC(=NC(=O)c3ccccc3)NC2=O)cc(Cl)c1OCc1ccccc1F. The first-order valence-electron chi connectivity index (χ1n) is 10.1. The number of amidine groups is 1. The number of nitrogens with one attached hydrogen (secondary N) is 1. The molecule has 4 rings (SSSR count). The quantitative estimate of drug-likeness (QED) is 0.458. The zero-order valence-corrected chi connectivity index (χ0v) is 19.5. The lowest BCUT2D eigenvalue weighted by molar-refractivity contribution is -0.115. The molecule has 3 aromatic carbocycles. The van der Waals surface area contributed by atoms with E-state index in [-0.39, 0.29) is 34.3 Å². The molecule has 1 heterocycles. The Morgan fingerprint density at radius 1 is 1.15 bits per heavy atom. The van der Waals surface area contributed by atoms with E-state index in [1.54, 1.807) is 66.7 Å². The largest absolute Gasteiger partial charge is 0.493 e. The molecule has 6 nitrogen and oxygen atoms in total. The Labute approximate surface area is 204 Å².